The Morgan fingerprint density at radius 2 is 1.35 bits per heavy atom. The highest BCUT2D eigenvalue weighted by molar-refractivity contribution is 7.18. The molecule has 1 atom stereocenters. The van der Waals surface area contributed by atoms with Crippen molar-refractivity contribution in [3.05, 3.63) is 114 Å². The third kappa shape index (κ3) is 3.69. The Hall–Kier alpha value is -3.49. The molecule has 37 heavy (non-hydrogen) atoms. The number of fused-ring (bicyclic) bond motifs is 3. The topological polar surface area (TPSA) is 3.88 Å². The average molecular weight is 501 g/mol. The summed E-state index contributed by atoms with van der Waals surface area (Å²) in [5, 5.41) is 1.28. The second-order valence-corrected chi connectivity index (χ2v) is 11.8. The maximum absolute atomic E-state index is 2.43. The summed E-state index contributed by atoms with van der Waals surface area (Å²) in [6.07, 6.45) is 1.10. The van der Waals surface area contributed by atoms with E-state index >= 15 is 0 Å². The molecule has 4 aromatic carbocycles. The van der Waals surface area contributed by atoms with Gasteiger partial charge < -0.3 is 0 Å². The summed E-state index contributed by atoms with van der Waals surface area (Å²) in [6.45, 7) is 9.48. The molecule has 0 amide bonds. The predicted octanol–water partition coefficient (Wildman–Crippen LogP) is 9.39. The summed E-state index contributed by atoms with van der Waals surface area (Å²) >= 11 is 1.90. The molecule has 1 heterocycles. The lowest BCUT2D eigenvalue weighted by atomic mass is 9.79. The summed E-state index contributed by atoms with van der Waals surface area (Å²) in [5.74, 6) is 0.440. The highest BCUT2D eigenvalue weighted by atomic mass is 32.1. The van der Waals surface area contributed by atoms with Gasteiger partial charge in [0.1, 0.15) is 11.9 Å². The first kappa shape index (κ1) is 23.9. The molecular weight excluding hydrogens is 466 g/mol. The van der Waals surface area contributed by atoms with Crippen LogP contribution in [0, 0.1) is 0 Å². The van der Waals surface area contributed by atoms with Crippen LogP contribution in [-0.2, 0) is 12.5 Å². The summed E-state index contributed by atoms with van der Waals surface area (Å²) in [5.41, 5.74) is 12.5. The van der Waals surface area contributed by atoms with Gasteiger partial charge in [-0.25, -0.2) is 0 Å². The monoisotopic (exact) mass is 500 g/mol. The van der Waals surface area contributed by atoms with E-state index in [9.17, 15) is 0 Å². The third-order valence-corrected chi connectivity index (χ3v) is 9.60. The second kappa shape index (κ2) is 9.11. The summed E-state index contributed by atoms with van der Waals surface area (Å²) < 4.78 is 2.43. The minimum atomic E-state index is 0.000953. The molecule has 0 spiro atoms. The third-order valence-electron chi connectivity index (χ3n) is 8.26. The molecule has 0 saturated carbocycles. The first-order chi connectivity index (χ1) is 17.9. The molecule has 5 aromatic rings. The summed E-state index contributed by atoms with van der Waals surface area (Å²) in [6, 6.07) is 35.6. The van der Waals surface area contributed by atoms with Gasteiger partial charge in [0.2, 0.25) is 5.69 Å². The van der Waals surface area contributed by atoms with E-state index < -0.39 is 0 Å². The van der Waals surface area contributed by atoms with Crippen LogP contribution in [0.4, 0.5) is 0 Å². The molecule has 1 aliphatic rings. The first-order valence-corrected chi connectivity index (χ1v) is 14.2. The van der Waals surface area contributed by atoms with Crippen molar-refractivity contribution in [1.29, 1.82) is 0 Å². The van der Waals surface area contributed by atoms with Gasteiger partial charge in [-0.3, -0.25) is 0 Å². The van der Waals surface area contributed by atoms with E-state index in [1.54, 1.807) is 0 Å². The zero-order valence-electron chi connectivity index (χ0n) is 22.4. The van der Waals surface area contributed by atoms with E-state index in [2.05, 4.69) is 136 Å². The lowest BCUT2D eigenvalue weighted by Gasteiger charge is -2.23. The van der Waals surface area contributed by atoms with Crippen molar-refractivity contribution in [1.82, 2.24) is 0 Å². The number of aromatic nitrogens is 1. The van der Waals surface area contributed by atoms with Crippen molar-refractivity contribution in [2.45, 2.75) is 45.4 Å². The minimum Gasteiger partial charge on any atom is -0.184 e. The molecule has 0 bridgehead atoms. The van der Waals surface area contributed by atoms with E-state index in [1.165, 1.54) is 60.1 Å². The standard InChI is InChI=1S/C35H34NS/c1-6-23(2)30-27(21-22-29-31(30)26-19-13-14-20-28(26)35(29,3)4)32-33(24-15-9-7-10-16-24)37-34(36(32)5)25-17-11-8-12-18-25/h7-23H,6H2,1-5H3/q+1. The van der Waals surface area contributed by atoms with Gasteiger partial charge in [-0.15, -0.1) is 0 Å². The lowest BCUT2D eigenvalue weighted by Crippen LogP contribution is -2.31. The Kier molecular flexibility index (Phi) is 5.88. The average Bonchev–Trinajstić information content (AvgIpc) is 3.40. The predicted molar refractivity (Wildman–Crippen MR) is 158 cm³/mol. The second-order valence-electron chi connectivity index (χ2n) is 10.8. The van der Waals surface area contributed by atoms with Gasteiger partial charge in [0, 0.05) is 5.41 Å². The van der Waals surface area contributed by atoms with E-state index in [1.807, 2.05) is 11.3 Å². The van der Waals surface area contributed by atoms with Crippen molar-refractivity contribution < 1.29 is 4.57 Å². The van der Waals surface area contributed by atoms with Gasteiger partial charge >= 0.3 is 0 Å². The zero-order chi connectivity index (χ0) is 25.7. The number of rotatable bonds is 5. The lowest BCUT2D eigenvalue weighted by molar-refractivity contribution is -0.644. The van der Waals surface area contributed by atoms with Crippen molar-refractivity contribution in [2.75, 3.05) is 0 Å². The Morgan fingerprint density at radius 3 is 2.03 bits per heavy atom. The summed E-state index contributed by atoms with van der Waals surface area (Å²) in [7, 11) is 2.24. The molecular formula is C35H34NS+. The van der Waals surface area contributed by atoms with Gasteiger partial charge in [-0.05, 0) is 63.9 Å². The minimum absolute atomic E-state index is 0.000953. The number of hydrogen-bond donors (Lipinski definition) is 0. The van der Waals surface area contributed by atoms with Gasteiger partial charge in [-0.1, -0.05) is 118 Å². The molecule has 6 rings (SSSR count). The summed E-state index contributed by atoms with van der Waals surface area (Å²) in [4.78, 5) is 1.33. The fraction of sp³-hybridized carbons (Fsp3) is 0.229. The number of hydrogen-bond acceptors (Lipinski definition) is 1. The van der Waals surface area contributed by atoms with E-state index in [-0.39, 0.29) is 5.41 Å². The highest BCUT2D eigenvalue weighted by Gasteiger charge is 2.39. The number of benzene rings is 4. The Balaban J connectivity index is 1.71. The van der Waals surface area contributed by atoms with Crippen LogP contribution in [0.1, 0.15) is 56.7 Å². The van der Waals surface area contributed by atoms with Gasteiger partial charge in [0.05, 0.1) is 11.1 Å². The molecule has 0 saturated heterocycles. The fourth-order valence-corrected chi connectivity index (χ4v) is 7.41. The Morgan fingerprint density at radius 1 is 0.730 bits per heavy atom. The Labute approximate surface area is 225 Å². The normalized spacial score (nSPS) is 14.3. The van der Waals surface area contributed by atoms with E-state index in [0.29, 0.717) is 5.92 Å². The zero-order valence-corrected chi connectivity index (χ0v) is 23.2. The molecule has 0 fully saturated rings. The van der Waals surface area contributed by atoms with Crippen LogP contribution in [0.3, 0.4) is 0 Å². The molecule has 0 N–H and O–H groups in total. The number of thiazole rings is 1. The van der Waals surface area contributed by atoms with Crippen LogP contribution in [0.2, 0.25) is 0 Å². The molecule has 1 aliphatic carbocycles. The fourth-order valence-electron chi connectivity index (χ4n) is 6.13. The molecule has 0 radical (unpaired) electrons. The molecule has 1 unspecified atom stereocenters. The van der Waals surface area contributed by atoms with Crippen LogP contribution in [0.25, 0.3) is 43.4 Å². The maximum Gasteiger partial charge on any atom is 0.269 e. The smallest absolute Gasteiger partial charge is 0.184 e. The van der Waals surface area contributed by atoms with Gasteiger partial charge in [-0.2, -0.15) is 4.57 Å². The molecule has 1 aromatic heterocycles. The maximum atomic E-state index is 2.43. The van der Waals surface area contributed by atoms with Crippen LogP contribution in [0.15, 0.2) is 97.1 Å². The van der Waals surface area contributed by atoms with Crippen molar-refractivity contribution >= 4 is 11.3 Å². The highest BCUT2D eigenvalue weighted by Crippen LogP contribution is 2.54. The molecule has 184 valence electrons. The van der Waals surface area contributed by atoms with Crippen molar-refractivity contribution in [3.8, 4) is 43.4 Å². The molecule has 2 heteroatoms. The van der Waals surface area contributed by atoms with E-state index in [4.69, 9.17) is 0 Å². The van der Waals surface area contributed by atoms with Crippen LogP contribution in [0.5, 0.6) is 0 Å². The van der Waals surface area contributed by atoms with Crippen LogP contribution >= 0.6 is 11.3 Å². The molecule has 1 nitrogen and oxygen atoms in total. The van der Waals surface area contributed by atoms with Crippen LogP contribution < -0.4 is 4.57 Å². The Bertz CT molecular complexity index is 1590. The van der Waals surface area contributed by atoms with Gasteiger partial charge in [0.15, 0.2) is 0 Å². The first-order valence-electron chi connectivity index (χ1n) is 13.3. The number of nitrogens with zero attached hydrogens (tertiary/aromatic N) is 1. The molecule has 0 aliphatic heterocycles. The SMILES string of the molecule is CCC(C)c1c(-c2c(-c3ccccc3)sc(-c3ccccc3)[n+]2C)ccc2c1-c1ccccc1C2(C)C. The van der Waals surface area contributed by atoms with Crippen molar-refractivity contribution in [3.63, 3.8) is 0 Å². The van der Waals surface area contributed by atoms with Crippen molar-refractivity contribution in [2.24, 2.45) is 7.05 Å². The van der Waals surface area contributed by atoms with E-state index in [0.717, 1.165) is 6.42 Å². The van der Waals surface area contributed by atoms with Gasteiger partial charge in [0.25, 0.3) is 5.01 Å². The van der Waals surface area contributed by atoms with Crippen LogP contribution in [-0.4, -0.2) is 0 Å². The largest absolute Gasteiger partial charge is 0.269 e. The quantitative estimate of drug-likeness (QED) is 0.212.